The van der Waals surface area contributed by atoms with Gasteiger partial charge < -0.3 is 5.73 Å². The van der Waals surface area contributed by atoms with Crippen LogP contribution in [0.15, 0.2) is 23.1 Å². The minimum Gasteiger partial charge on any atom is -0.399 e. The highest BCUT2D eigenvalue weighted by molar-refractivity contribution is 7.93. The van der Waals surface area contributed by atoms with E-state index in [1.165, 1.54) is 34.4 Å². The molecule has 0 fully saturated rings. The number of nitrogens with zero attached hydrogens (tertiary/aromatic N) is 1. The zero-order valence-electron chi connectivity index (χ0n) is 11.1. The van der Waals surface area contributed by atoms with Crippen molar-refractivity contribution >= 4 is 43.8 Å². The number of benzene rings is 1. The van der Waals surface area contributed by atoms with Crippen molar-refractivity contribution in [2.45, 2.75) is 30.6 Å². The van der Waals surface area contributed by atoms with Crippen molar-refractivity contribution in [2.24, 2.45) is 0 Å². The highest BCUT2D eigenvalue weighted by atomic mass is 35.5. The number of nitrogens with two attached hydrogens (primary N) is 1. The minimum atomic E-state index is -3.75. The molecule has 0 spiro atoms. The average Bonchev–Trinajstić information content (AvgIpc) is 2.79. The number of nitrogens with one attached hydrogen (secondary N) is 1. The molecule has 1 aliphatic rings. The Hall–Kier alpha value is -1.31. The third-order valence-electron chi connectivity index (χ3n) is 3.31. The van der Waals surface area contributed by atoms with E-state index in [0.717, 1.165) is 31.4 Å². The van der Waals surface area contributed by atoms with Gasteiger partial charge in [-0.25, -0.2) is 13.4 Å². The molecule has 1 heterocycles. The summed E-state index contributed by atoms with van der Waals surface area (Å²) in [6.07, 6.45) is 4.12. The molecule has 1 aromatic heterocycles. The third-order valence-corrected chi connectivity index (χ3v) is 6.34. The fraction of sp³-hybridized carbons (Fsp3) is 0.308. The number of aryl methyl sites for hydroxylation is 2. The van der Waals surface area contributed by atoms with E-state index in [0.29, 0.717) is 10.8 Å². The van der Waals surface area contributed by atoms with Crippen LogP contribution in [0.25, 0.3) is 0 Å². The third kappa shape index (κ3) is 3.00. The topological polar surface area (TPSA) is 85.1 Å². The van der Waals surface area contributed by atoms with Crippen LogP contribution in [-0.4, -0.2) is 13.4 Å². The van der Waals surface area contributed by atoms with Gasteiger partial charge in [-0.3, -0.25) is 4.72 Å². The minimum absolute atomic E-state index is 0.00605. The van der Waals surface area contributed by atoms with Gasteiger partial charge in [-0.2, -0.15) is 0 Å². The Morgan fingerprint density at radius 3 is 2.76 bits per heavy atom. The van der Waals surface area contributed by atoms with Gasteiger partial charge in [0.1, 0.15) is 4.90 Å². The smallest absolute Gasteiger partial charge is 0.265 e. The highest BCUT2D eigenvalue weighted by Gasteiger charge is 2.22. The van der Waals surface area contributed by atoms with Gasteiger partial charge in [0.25, 0.3) is 10.0 Å². The Balaban J connectivity index is 1.90. The molecule has 2 aromatic rings. The number of halogens is 1. The standard InChI is InChI=1S/C13H14ClN3O2S2/c14-9-7-8(15)5-6-12(9)21(18,19)17-13-16-10-3-1-2-4-11(10)20-13/h5-7H,1-4,15H2,(H,16,17). The van der Waals surface area contributed by atoms with Gasteiger partial charge in [-0.1, -0.05) is 11.6 Å². The summed E-state index contributed by atoms with van der Waals surface area (Å²) < 4.78 is 27.3. The molecule has 0 unspecified atom stereocenters. The first kappa shape index (κ1) is 14.6. The van der Waals surface area contributed by atoms with Gasteiger partial charge >= 0.3 is 0 Å². The lowest BCUT2D eigenvalue weighted by molar-refractivity contribution is 0.601. The van der Waals surface area contributed by atoms with Crippen LogP contribution in [0, 0.1) is 0 Å². The second-order valence-electron chi connectivity index (χ2n) is 4.89. The van der Waals surface area contributed by atoms with Crippen molar-refractivity contribution in [3.05, 3.63) is 33.8 Å². The van der Waals surface area contributed by atoms with E-state index in [2.05, 4.69) is 9.71 Å². The number of rotatable bonds is 3. The normalized spacial score (nSPS) is 14.7. The summed E-state index contributed by atoms with van der Waals surface area (Å²) >= 11 is 7.36. The predicted molar refractivity (Wildman–Crippen MR) is 85.4 cm³/mol. The largest absolute Gasteiger partial charge is 0.399 e. The summed E-state index contributed by atoms with van der Waals surface area (Å²) in [6, 6.07) is 4.32. The molecule has 0 bridgehead atoms. The van der Waals surface area contributed by atoms with Crippen molar-refractivity contribution in [1.29, 1.82) is 0 Å². The van der Waals surface area contributed by atoms with Crippen LogP contribution in [0.2, 0.25) is 5.02 Å². The number of sulfonamides is 1. The Labute approximate surface area is 132 Å². The molecule has 0 saturated carbocycles. The number of anilines is 2. The Bertz CT molecular complexity index is 763. The molecule has 0 atom stereocenters. The molecule has 1 aromatic carbocycles. The summed E-state index contributed by atoms with van der Waals surface area (Å²) in [5.74, 6) is 0. The van der Waals surface area contributed by atoms with Crippen LogP contribution in [0.1, 0.15) is 23.4 Å². The monoisotopic (exact) mass is 343 g/mol. The first-order valence-corrected chi connectivity index (χ1v) is 9.20. The lowest BCUT2D eigenvalue weighted by Gasteiger charge is -2.07. The molecular weight excluding hydrogens is 330 g/mol. The van der Waals surface area contributed by atoms with E-state index in [-0.39, 0.29) is 9.92 Å². The number of hydrogen-bond donors (Lipinski definition) is 2. The van der Waals surface area contributed by atoms with Gasteiger partial charge in [0.15, 0.2) is 5.13 Å². The molecule has 3 rings (SSSR count). The van der Waals surface area contributed by atoms with Crippen LogP contribution >= 0.6 is 22.9 Å². The fourth-order valence-electron chi connectivity index (χ4n) is 2.30. The summed E-state index contributed by atoms with van der Waals surface area (Å²) in [5, 5.41) is 0.499. The fourth-order valence-corrected chi connectivity index (χ4v) is 5.14. The molecule has 5 nitrogen and oxygen atoms in total. The van der Waals surface area contributed by atoms with Gasteiger partial charge in [0, 0.05) is 10.6 Å². The van der Waals surface area contributed by atoms with E-state index in [9.17, 15) is 8.42 Å². The molecule has 0 saturated heterocycles. The summed E-state index contributed by atoms with van der Waals surface area (Å²) in [4.78, 5) is 5.54. The second kappa shape index (κ2) is 5.47. The molecular formula is C13H14ClN3O2S2. The van der Waals surface area contributed by atoms with E-state index < -0.39 is 10.0 Å². The maximum Gasteiger partial charge on any atom is 0.265 e. The number of fused-ring (bicyclic) bond motifs is 1. The molecule has 3 N–H and O–H groups in total. The van der Waals surface area contributed by atoms with E-state index in [1.54, 1.807) is 0 Å². The number of hydrogen-bond acceptors (Lipinski definition) is 5. The maximum atomic E-state index is 12.4. The number of nitrogen functional groups attached to an aromatic ring is 1. The molecule has 21 heavy (non-hydrogen) atoms. The van der Waals surface area contributed by atoms with E-state index in [4.69, 9.17) is 17.3 Å². The van der Waals surface area contributed by atoms with Crippen molar-refractivity contribution in [1.82, 2.24) is 4.98 Å². The van der Waals surface area contributed by atoms with Gasteiger partial charge in [0.2, 0.25) is 0 Å². The van der Waals surface area contributed by atoms with Crippen LogP contribution in [0.5, 0.6) is 0 Å². The first-order valence-electron chi connectivity index (χ1n) is 6.52. The summed E-state index contributed by atoms with van der Waals surface area (Å²) in [6.45, 7) is 0. The molecule has 8 heteroatoms. The quantitative estimate of drug-likeness (QED) is 0.839. The first-order chi connectivity index (χ1) is 9.95. The second-order valence-corrected chi connectivity index (χ2v) is 8.03. The zero-order valence-corrected chi connectivity index (χ0v) is 13.5. The van der Waals surface area contributed by atoms with Gasteiger partial charge in [-0.15, -0.1) is 11.3 Å². The Morgan fingerprint density at radius 2 is 2.05 bits per heavy atom. The average molecular weight is 344 g/mol. The zero-order chi connectivity index (χ0) is 15.0. The molecule has 1 aliphatic carbocycles. The van der Waals surface area contributed by atoms with Gasteiger partial charge in [0.05, 0.1) is 10.7 Å². The van der Waals surface area contributed by atoms with Crippen molar-refractivity contribution in [3.63, 3.8) is 0 Å². The van der Waals surface area contributed by atoms with Crippen LogP contribution in [-0.2, 0) is 22.9 Å². The maximum absolute atomic E-state index is 12.4. The van der Waals surface area contributed by atoms with Crippen LogP contribution < -0.4 is 10.5 Å². The van der Waals surface area contributed by atoms with E-state index >= 15 is 0 Å². The van der Waals surface area contributed by atoms with Gasteiger partial charge in [-0.05, 0) is 43.9 Å². The Morgan fingerprint density at radius 1 is 1.29 bits per heavy atom. The van der Waals surface area contributed by atoms with Crippen molar-refractivity contribution in [2.75, 3.05) is 10.5 Å². The van der Waals surface area contributed by atoms with Crippen LogP contribution in [0.3, 0.4) is 0 Å². The number of aromatic nitrogens is 1. The lowest BCUT2D eigenvalue weighted by Crippen LogP contribution is -2.13. The molecule has 0 aliphatic heterocycles. The Kier molecular flexibility index (Phi) is 3.81. The number of thiazole rings is 1. The molecule has 0 amide bonds. The lowest BCUT2D eigenvalue weighted by atomic mass is 10.0. The van der Waals surface area contributed by atoms with Crippen molar-refractivity contribution in [3.8, 4) is 0 Å². The summed E-state index contributed by atoms with van der Waals surface area (Å²) in [5.41, 5.74) is 7.01. The van der Waals surface area contributed by atoms with Crippen LogP contribution in [0.4, 0.5) is 10.8 Å². The SMILES string of the molecule is Nc1ccc(S(=O)(=O)Nc2nc3c(s2)CCCC3)c(Cl)c1. The molecule has 112 valence electrons. The highest BCUT2D eigenvalue weighted by Crippen LogP contribution is 2.32. The van der Waals surface area contributed by atoms with E-state index in [1.807, 2.05) is 0 Å². The predicted octanol–water partition coefficient (Wildman–Crippen LogP) is 3.06. The summed E-state index contributed by atoms with van der Waals surface area (Å²) in [7, 11) is -3.75. The molecule has 0 radical (unpaired) electrons. The van der Waals surface area contributed by atoms with Crippen molar-refractivity contribution < 1.29 is 8.42 Å².